The van der Waals surface area contributed by atoms with E-state index in [-0.39, 0.29) is 11.0 Å². The van der Waals surface area contributed by atoms with Gasteiger partial charge < -0.3 is 0 Å². The molecule has 4 heteroatoms. The zero-order valence-electron chi connectivity index (χ0n) is 9.01. The summed E-state index contributed by atoms with van der Waals surface area (Å²) in [7, 11) is -3.58. The Morgan fingerprint density at radius 1 is 1.13 bits per heavy atom. The summed E-state index contributed by atoms with van der Waals surface area (Å²) in [5.74, 6) is 0. The van der Waals surface area contributed by atoms with E-state index in [4.69, 9.17) is 4.18 Å². The summed E-state index contributed by atoms with van der Waals surface area (Å²) in [6.07, 6.45) is 1.17. The summed E-state index contributed by atoms with van der Waals surface area (Å²) in [5, 5.41) is 0. The lowest BCUT2D eigenvalue weighted by Gasteiger charge is -2.13. The highest BCUT2D eigenvalue weighted by molar-refractivity contribution is 7.86. The molecule has 0 amide bonds. The van der Waals surface area contributed by atoms with Gasteiger partial charge >= 0.3 is 0 Å². The van der Waals surface area contributed by atoms with E-state index in [9.17, 15) is 8.42 Å². The lowest BCUT2D eigenvalue weighted by atomic mass is 10.2. The second-order valence-electron chi connectivity index (χ2n) is 3.30. The Kier molecular flexibility index (Phi) is 4.29. The molecule has 0 fully saturated rings. The van der Waals surface area contributed by atoms with Crippen molar-refractivity contribution >= 4 is 10.1 Å². The number of benzene rings is 1. The normalized spacial score (nSPS) is 11.9. The molecule has 0 unspecified atom stereocenters. The molecule has 0 atom stereocenters. The molecule has 0 heterocycles. The summed E-state index contributed by atoms with van der Waals surface area (Å²) in [4.78, 5) is 0.219. The van der Waals surface area contributed by atoms with Crippen LogP contribution in [0.3, 0.4) is 0 Å². The van der Waals surface area contributed by atoms with Crippen molar-refractivity contribution in [3.63, 3.8) is 0 Å². The van der Waals surface area contributed by atoms with E-state index in [2.05, 4.69) is 0 Å². The van der Waals surface area contributed by atoms with Crippen molar-refractivity contribution in [2.75, 3.05) is 0 Å². The SMILES string of the molecule is CCC(CC)OS(=O)(=O)c1ccccc1. The minimum Gasteiger partial charge on any atom is -0.263 e. The molecule has 1 rings (SSSR count). The van der Waals surface area contributed by atoms with Gasteiger partial charge in [-0.2, -0.15) is 8.42 Å². The first-order chi connectivity index (χ1) is 7.10. The first-order valence-electron chi connectivity index (χ1n) is 5.08. The van der Waals surface area contributed by atoms with Gasteiger partial charge in [-0.05, 0) is 25.0 Å². The maximum Gasteiger partial charge on any atom is 0.297 e. The van der Waals surface area contributed by atoms with Crippen LogP contribution in [-0.2, 0) is 14.3 Å². The second kappa shape index (κ2) is 5.28. The zero-order chi connectivity index (χ0) is 11.3. The molecule has 0 spiro atoms. The van der Waals surface area contributed by atoms with Gasteiger partial charge in [-0.3, -0.25) is 4.18 Å². The topological polar surface area (TPSA) is 43.4 Å². The highest BCUT2D eigenvalue weighted by atomic mass is 32.2. The number of hydrogen-bond donors (Lipinski definition) is 0. The van der Waals surface area contributed by atoms with Gasteiger partial charge in [-0.15, -0.1) is 0 Å². The Bertz CT molecular complexity index is 380. The molecular weight excluding hydrogens is 212 g/mol. The molecule has 0 aromatic heterocycles. The van der Waals surface area contributed by atoms with E-state index in [1.54, 1.807) is 18.2 Å². The van der Waals surface area contributed by atoms with Crippen molar-refractivity contribution in [2.24, 2.45) is 0 Å². The average Bonchev–Trinajstić information content (AvgIpc) is 2.27. The standard InChI is InChI=1S/C11H16O3S/c1-3-10(4-2)14-15(12,13)11-8-6-5-7-9-11/h5-10H,3-4H2,1-2H3. The highest BCUT2D eigenvalue weighted by Gasteiger charge is 2.18. The zero-order valence-corrected chi connectivity index (χ0v) is 9.83. The Balaban J connectivity index is 2.85. The third-order valence-electron chi connectivity index (χ3n) is 2.21. The van der Waals surface area contributed by atoms with Crippen LogP contribution in [0.5, 0.6) is 0 Å². The molecule has 0 N–H and O–H groups in total. The van der Waals surface area contributed by atoms with Crippen molar-refractivity contribution < 1.29 is 12.6 Å². The van der Waals surface area contributed by atoms with Gasteiger partial charge in [0.15, 0.2) is 0 Å². The summed E-state index contributed by atoms with van der Waals surface area (Å²) < 4.78 is 28.6. The minimum atomic E-state index is -3.58. The lowest BCUT2D eigenvalue weighted by Crippen LogP contribution is -2.16. The molecule has 0 saturated carbocycles. The first kappa shape index (κ1) is 12.2. The van der Waals surface area contributed by atoms with E-state index >= 15 is 0 Å². The molecule has 0 aliphatic rings. The predicted molar refractivity (Wildman–Crippen MR) is 59.1 cm³/mol. The van der Waals surface area contributed by atoms with Crippen LogP contribution in [0, 0.1) is 0 Å². The highest BCUT2D eigenvalue weighted by Crippen LogP contribution is 2.16. The predicted octanol–water partition coefficient (Wildman–Crippen LogP) is 2.58. The van der Waals surface area contributed by atoms with Gasteiger partial charge in [0.1, 0.15) is 0 Å². The molecule has 1 aromatic carbocycles. The third kappa shape index (κ3) is 3.32. The van der Waals surface area contributed by atoms with Crippen LogP contribution < -0.4 is 0 Å². The largest absolute Gasteiger partial charge is 0.297 e. The van der Waals surface area contributed by atoms with Crippen molar-refractivity contribution in [1.82, 2.24) is 0 Å². The fourth-order valence-corrected chi connectivity index (χ4v) is 2.48. The number of hydrogen-bond acceptors (Lipinski definition) is 3. The van der Waals surface area contributed by atoms with Crippen molar-refractivity contribution in [3.05, 3.63) is 30.3 Å². The molecule has 84 valence electrons. The Labute approximate surface area is 91.2 Å². The Morgan fingerprint density at radius 3 is 2.13 bits per heavy atom. The molecular formula is C11H16O3S. The van der Waals surface area contributed by atoms with Gasteiger partial charge in [0.25, 0.3) is 10.1 Å². The third-order valence-corrected chi connectivity index (χ3v) is 3.58. The summed E-state index contributed by atoms with van der Waals surface area (Å²) in [6, 6.07) is 8.22. The molecule has 0 aliphatic heterocycles. The smallest absolute Gasteiger partial charge is 0.263 e. The van der Waals surface area contributed by atoms with E-state index in [0.717, 1.165) is 0 Å². The Hall–Kier alpha value is -0.870. The van der Waals surface area contributed by atoms with Crippen LogP contribution in [0.25, 0.3) is 0 Å². The summed E-state index contributed by atoms with van der Waals surface area (Å²) in [6.45, 7) is 3.82. The maximum atomic E-state index is 11.7. The summed E-state index contributed by atoms with van der Waals surface area (Å²) in [5.41, 5.74) is 0. The van der Waals surface area contributed by atoms with Gasteiger partial charge in [0.2, 0.25) is 0 Å². The Morgan fingerprint density at radius 2 is 1.67 bits per heavy atom. The van der Waals surface area contributed by atoms with Crippen LogP contribution >= 0.6 is 0 Å². The average molecular weight is 228 g/mol. The van der Waals surface area contributed by atoms with Crippen molar-refractivity contribution in [3.8, 4) is 0 Å². The molecule has 3 nitrogen and oxygen atoms in total. The lowest BCUT2D eigenvalue weighted by molar-refractivity contribution is 0.200. The molecule has 1 aromatic rings. The fourth-order valence-electron chi connectivity index (χ4n) is 1.25. The van der Waals surface area contributed by atoms with Gasteiger partial charge in [0.05, 0.1) is 11.0 Å². The van der Waals surface area contributed by atoms with Crippen molar-refractivity contribution in [2.45, 2.75) is 37.7 Å². The van der Waals surface area contributed by atoms with Crippen LogP contribution in [0.4, 0.5) is 0 Å². The van der Waals surface area contributed by atoms with Gasteiger partial charge in [0, 0.05) is 0 Å². The minimum absolute atomic E-state index is 0.219. The van der Waals surface area contributed by atoms with Crippen LogP contribution in [0.15, 0.2) is 35.2 Å². The fraction of sp³-hybridized carbons (Fsp3) is 0.455. The van der Waals surface area contributed by atoms with E-state index in [1.807, 2.05) is 13.8 Å². The van der Waals surface area contributed by atoms with Gasteiger partial charge in [-0.25, -0.2) is 0 Å². The van der Waals surface area contributed by atoms with Crippen molar-refractivity contribution in [1.29, 1.82) is 0 Å². The second-order valence-corrected chi connectivity index (χ2v) is 4.87. The molecule has 15 heavy (non-hydrogen) atoms. The summed E-state index contributed by atoms with van der Waals surface area (Å²) >= 11 is 0. The van der Waals surface area contributed by atoms with Gasteiger partial charge in [-0.1, -0.05) is 32.0 Å². The molecule has 0 saturated heterocycles. The molecule has 0 bridgehead atoms. The van der Waals surface area contributed by atoms with Crippen LogP contribution in [0.2, 0.25) is 0 Å². The van der Waals surface area contributed by atoms with E-state index in [1.165, 1.54) is 12.1 Å². The number of rotatable bonds is 5. The van der Waals surface area contributed by atoms with E-state index < -0.39 is 10.1 Å². The van der Waals surface area contributed by atoms with Crippen LogP contribution in [0.1, 0.15) is 26.7 Å². The van der Waals surface area contributed by atoms with Crippen LogP contribution in [-0.4, -0.2) is 14.5 Å². The monoisotopic (exact) mass is 228 g/mol. The quantitative estimate of drug-likeness (QED) is 0.727. The maximum absolute atomic E-state index is 11.7. The molecule has 0 aliphatic carbocycles. The molecule has 0 radical (unpaired) electrons. The van der Waals surface area contributed by atoms with E-state index in [0.29, 0.717) is 12.8 Å². The first-order valence-corrected chi connectivity index (χ1v) is 6.49.